The average molecular weight is 345 g/mol. The van der Waals surface area contributed by atoms with Gasteiger partial charge in [0.25, 0.3) is 0 Å². The van der Waals surface area contributed by atoms with Gasteiger partial charge in [-0.3, -0.25) is 4.98 Å². The highest BCUT2D eigenvalue weighted by molar-refractivity contribution is 7.13. The van der Waals surface area contributed by atoms with Crippen molar-refractivity contribution in [1.29, 1.82) is 0 Å². The van der Waals surface area contributed by atoms with Gasteiger partial charge in [0, 0.05) is 56.7 Å². The Bertz CT molecular complexity index is 661. The molecule has 2 amide bonds. The third-order valence-electron chi connectivity index (χ3n) is 4.28. The quantitative estimate of drug-likeness (QED) is 0.924. The SMILES string of the molecule is Cc1cnccc1CCNC(=O)N1CCCN(c2nccs2)CC1. The minimum absolute atomic E-state index is 0.0303. The Labute approximate surface area is 146 Å². The van der Waals surface area contributed by atoms with Crippen molar-refractivity contribution in [3.63, 3.8) is 0 Å². The van der Waals surface area contributed by atoms with Crippen LogP contribution in [0.15, 0.2) is 30.0 Å². The molecule has 0 radical (unpaired) electrons. The molecule has 24 heavy (non-hydrogen) atoms. The summed E-state index contributed by atoms with van der Waals surface area (Å²) in [6.07, 6.45) is 7.29. The molecule has 7 heteroatoms. The predicted octanol–water partition coefficient (Wildman–Crippen LogP) is 2.31. The van der Waals surface area contributed by atoms with Gasteiger partial charge in [-0.05, 0) is 37.0 Å². The maximum Gasteiger partial charge on any atom is 0.317 e. The Balaban J connectivity index is 1.46. The maximum atomic E-state index is 12.4. The third kappa shape index (κ3) is 4.23. The number of nitrogens with zero attached hydrogens (tertiary/aromatic N) is 4. The van der Waals surface area contributed by atoms with Crippen molar-refractivity contribution in [1.82, 2.24) is 20.2 Å². The van der Waals surface area contributed by atoms with Crippen LogP contribution in [-0.4, -0.2) is 53.6 Å². The zero-order chi connectivity index (χ0) is 16.8. The molecule has 0 bridgehead atoms. The number of hydrogen-bond donors (Lipinski definition) is 1. The Kier molecular flexibility index (Phi) is 5.63. The standard InChI is InChI=1S/C17H23N5OS/c1-14-13-18-5-3-15(14)4-6-19-16(23)21-8-2-9-22(11-10-21)17-20-7-12-24-17/h3,5,7,12-13H,2,4,6,8-11H2,1H3,(H,19,23). The molecule has 128 valence electrons. The summed E-state index contributed by atoms with van der Waals surface area (Å²) in [4.78, 5) is 25.0. The van der Waals surface area contributed by atoms with Gasteiger partial charge in [0.15, 0.2) is 5.13 Å². The van der Waals surface area contributed by atoms with E-state index < -0.39 is 0 Å². The fourth-order valence-corrected chi connectivity index (χ4v) is 3.58. The lowest BCUT2D eigenvalue weighted by Gasteiger charge is -2.22. The second kappa shape index (κ2) is 8.10. The van der Waals surface area contributed by atoms with Gasteiger partial charge in [0.05, 0.1) is 0 Å². The lowest BCUT2D eigenvalue weighted by atomic mass is 10.1. The first-order chi connectivity index (χ1) is 11.7. The minimum Gasteiger partial charge on any atom is -0.346 e. The minimum atomic E-state index is 0.0303. The fraction of sp³-hybridized carbons (Fsp3) is 0.471. The van der Waals surface area contributed by atoms with E-state index in [2.05, 4.69) is 20.2 Å². The Morgan fingerprint density at radius 3 is 3.00 bits per heavy atom. The molecule has 1 aliphatic rings. The summed E-state index contributed by atoms with van der Waals surface area (Å²) in [6.45, 7) is 6.02. The zero-order valence-corrected chi connectivity index (χ0v) is 14.8. The highest BCUT2D eigenvalue weighted by Gasteiger charge is 2.19. The van der Waals surface area contributed by atoms with Crippen molar-refractivity contribution in [2.45, 2.75) is 19.8 Å². The van der Waals surface area contributed by atoms with Gasteiger partial charge >= 0.3 is 6.03 Å². The van der Waals surface area contributed by atoms with Crippen LogP contribution < -0.4 is 10.2 Å². The largest absolute Gasteiger partial charge is 0.346 e. The number of aryl methyl sites for hydroxylation is 1. The third-order valence-corrected chi connectivity index (χ3v) is 5.11. The Hall–Kier alpha value is -2.15. The summed E-state index contributed by atoms with van der Waals surface area (Å²) in [5, 5.41) is 6.08. The van der Waals surface area contributed by atoms with Crippen molar-refractivity contribution >= 4 is 22.5 Å². The number of aromatic nitrogens is 2. The predicted molar refractivity (Wildman–Crippen MR) is 96.6 cm³/mol. The number of rotatable bonds is 4. The lowest BCUT2D eigenvalue weighted by molar-refractivity contribution is 0.201. The molecule has 2 aromatic heterocycles. The summed E-state index contributed by atoms with van der Waals surface area (Å²) in [5.41, 5.74) is 2.40. The molecule has 1 N–H and O–H groups in total. The van der Waals surface area contributed by atoms with Gasteiger partial charge in [0.1, 0.15) is 0 Å². The maximum absolute atomic E-state index is 12.4. The van der Waals surface area contributed by atoms with Crippen LogP contribution in [0.5, 0.6) is 0 Å². The summed E-state index contributed by atoms with van der Waals surface area (Å²) >= 11 is 1.65. The van der Waals surface area contributed by atoms with E-state index in [1.165, 1.54) is 11.1 Å². The summed E-state index contributed by atoms with van der Waals surface area (Å²) < 4.78 is 0. The number of hydrogen-bond acceptors (Lipinski definition) is 5. The molecule has 1 fully saturated rings. The van der Waals surface area contributed by atoms with Crippen molar-refractivity contribution in [3.8, 4) is 0 Å². The van der Waals surface area contributed by atoms with E-state index in [0.717, 1.165) is 44.2 Å². The van der Waals surface area contributed by atoms with Gasteiger partial charge in [-0.2, -0.15) is 0 Å². The zero-order valence-electron chi connectivity index (χ0n) is 13.9. The van der Waals surface area contributed by atoms with Gasteiger partial charge in [-0.25, -0.2) is 9.78 Å². The molecule has 2 aromatic rings. The van der Waals surface area contributed by atoms with Gasteiger partial charge in [-0.1, -0.05) is 0 Å². The van der Waals surface area contributed by atoms with Crippen molar-refractivity contribution in [3.05, 3.63) is 41.2 Å². The van der Waals surface area contributed by atoms with Crippen LogP contribution >= 0.6 is 11.3 Å². The summed E-state index contributed by atoms with van der Waals surface area (Å²) in [6, 6.07) is 2.04. The Morgan fingerprint density at radius 1 is 1.29 bits per heavy atom. The number of pyridine rings is 1. The van der Waals surface area contributed by atoms with Crippen LogP contribution in [0.3, 0.4) is 0 Å². The molecule has 3 heterocycles. The molecule has 1 saturated heterocycles. The molecule has 6 nitrogen and oxygen atoms in total. The van der Waals surface area contributed by atoms with Crippen LogP contribution in [0, 0.1) is 6.92 Å². The molecule has 0 aromatic carbocycles. The normalized spacial score (nSPS) is 15.2. The van der Waals surface area contributed by atoms with E-state index in [1.54, 1.807) is 17.5 Å². The molecular weight excluding hydrogens is 322 g/mol. The highest BCUT2D eigenvalue weighted by Crippen LogP contribution is 2.19. The number of anilines is 1. The lowest BCUT2D eigenvalue weighted by Crippen LogP contribution is -2.42. The molecule has 3 rings (SSSR count). The van der Waals surface area contributed by atoms with Gasteiger partial charge in [0.2, 0.25) is 0 Å². The first-order valence-corrected chi connectivity index (χ1v) is 9.19. The first-order valence-electron chi connectivity index (χ1n) is 8.31. The molecule has 0 atom stereocenters. The number of carbonyl (C=O) groups is 1. The molecule has 1 aliphatic heterocycles. The Morgan fingerprint density at radius 2 is 2.21 bits per heavy atom. The smallest absolute Gasteiger partial charge is 0.317 e. The van der Waals surface area contributed by atoms with Crippen LogP contribution in [0.25, 0.3) is 0 Å². The van der Waals surface area contributed by atoms with Gasteiger partial charge in [-0.15, -0.1) is 11.3 Å². The van der Waals surface area contributed by atoms with E-state index in [-0.39, 0.29) is 6.03 Å². The fourth-order valence-electron chi connectivity index (χ4n) is 2.88. The van der Waals surface area contributed by atoms with Crippen LogP contribution in [0.4, 0.5) is 9.93 Å². The summed E-state index contributed by atoms with van der Waals surface area (Å²) in [5.74, 6) is 0. The van der Waals surface area contributed by atoms with Gasteiger partial charge < -0.3 is 15.1 Å². The van der Waals surface area contributed by atoms with Crippen LogP contribution in [0.2, 0.25) is 0 Å². The van der Waals surface area contributed by atoms with E-state index in [9.17, 15) is 4.79 Å². The number of nitrogens with one attached hydrogen (secondary N) is 1. The number of amides is 2. The number of carbonyl (C=O) groups excluding carboxylic acids is 1. The second-order valence-electron chi connectivity index (χ2n) is 5.93. The number of thiazole rings is 1. The second-order valence-corrected chi connectivity index (χ2v) is 6.80. The molecule has 0 saturated carbocycles. The molecule has 0 spiro atoms. The van der Waals surface area contributed by atoms with Crippen LogP contribution in [-0.2, 0) is 6.42 Å². The molecular formula is C17H23N5OS. The highest BCUT2D eigenvalue weighted by atomic mass is 32.1. The van der Waals surface area contributed by atoms with E-state index in [1.807, 2.05) is 35.7 Å². The molecule has 0 unspecified atom stereocenters. The summed E-state index contributed by atoms with van der Waals surface area (Å²) in [7, 11) is 0. The monoisotopic (exact) mass is 345 g/mol. The van der Waals surface area contributed by atoms with Crippen molar-refractivity contribution in [2.24, 2.45) is 0 Å². The average Bonchev–Trinajstić information content (AvgIpc) is 3.01. The topological polar surface area (TPSA) is 61.4 Å². The van der Waals surface area contributed by atoms with Crippen molar-refractivity contribution < 1.29 is 4.79 Å². The van der Waals surface area contributed by atoms with Crippen LogP contribution in [0.1, 0.15) is 17.5 Å². The van der Waals surface area contributed by atoms with E-state index in [0.29, 0.717) is 6.54 Å². The van der Waals surface area contributed by atoms with E-state index in [4.69, 9.17) is 0 Å². The first kappa shape index (κ1) is 16.7. The molecule has 0 aliphatic carbocycles. The van der Waals surface area contributed by atoms with Crippen molar-refractivity contribution in [2.75, 3.05) is 37.6 Å². The van der Waals surface area contributed by atoms with E-state index >= 15 is 0 Å². The number of urea groups is 1.